The van der Waals surface area contributed by atoms with Gasteiger partial charge >= 0.3 is 0 Å². The quantitative estimate of drug-likeness (QED) is 0.625. The fourth-order valence-electron chi connectivity index (χ4n) is 2.32. The number of carbonyl (C=O) groups excluding carboxylic acids is 1. The Kier molecular flexibility index (Phi) is 3.47. The molecule has 6 nitrogen and oxygen atoms in total. The molecule has 0 unspecified atom stereocenters. The van der Waals surface area contributed by atoms with Gasteiger partial charge in [0.05, 0.1) is 5.56 Å². The molecule has 0 fully saturated rings. The highest BCUT2D eigenvalue weighted by Crippen LogP contribution is 2.25. The molecule has 116 valence electrons. The fourth-order valence-corrected chi connectivity index (χ4v) is 2.32. The average Bonchev–Trinajstić information content (AvgIpc) is 3.06. The molecule has 0 saturated heterocycles. The molecule has 0 aliphatic carbocycles. The minimum absolute atomic E-state index is 0.201. The molecule has 3 aromatic heterocycles. The van der Waals surface area contributed by atoms with E-state index >= 15 is 0 Å². The number of oxazole rings is 1. The number of hydrogen-bond acceptors (Lipinski definition) is 5. The lowest BCUT2D eigenvalue weighted by Crippen LogP contribution is -2.11. The second-order valence-electron chi connectivity index (χ2n) is 5.13. The Morgan fingerprint density at radius 3 is 2.67 bits per heavy atom. The van der Waals surface area contributed by atoms with Crippen molar-refractivity contribution < 1.29 is 9.21 Å². The number of anilines is 1. The molecule has 24 heavy (non-hydrogen) atoms. The van der Waals surface area contributed by atoms with Crippen LogP contribution in [0.15, 0.2) is 71.7 Å². The van der Waals surface area contributed by atoms with E-state index in [4.69, 9.17) is 4.42 Å². The van der Waals surface area contributed by atoms with E-state index < -0.39 is 0 Å². The van der Waals surface area contributed by atoms with E-state index in [9.17, 15) is 4.79 Å². The summed E-state index contributed by atoms with van der Waals surface area (Å²) in [7, 11) is 0. The maximum Gasteiger partial charge on any atom is 0.255 e. The van der Waals surface area contributed by atoms with Crippen LogP contribution in [0, 0.1) is 0 Å². The smallest absolute Gasteiger partial charge is 0.255 e. The summed E-state index contributed by atoms with van der Waals surface area (Å²) in [6.45, 7) is 0. The molecule has 0 saturated carbocycles. The molecule has 4 aromatic rings. The summed E-state index contributed by atoms with van der Waals surface area (Å²) < 4.78 is 5.73. The molecule has 0 aliphatic heterocycles. The van der Waals surface area contributed by atoms with Gasteiger partial charge in [-0.25, -0.2) is 4.98 Å². The van der Waals surface area contributed by atoms with Crippen molar-refractivity contribution in [2.45, 2.75) is 0 Å². The Morgan fingerprint density at radius 1 is 1.00 bits per heavy atom. The number of nitrogens with zero attached hydrogens (tertiary/aromatic N) is 3. The SMILES string of the molecule is O=C(Nc1ccc2oc(-c3cccnc3)nc2c1)c1ccncc1. The van der Waals surface area contributed by atoms with Crippen LogP contribution in [0.3, 0.4) is 0 Å². The Balaban J connectivity index is 1.63. The number of amides is 1. The Morgan fingerprint density at radius 2 is 1.88 bits per heavy atom. The van der Waals surface area contributed by atoms with Crippen LogP contribution in [0.2, 0.25) is 0 Å². The van der Waals surface area contributed by atoms with Gasteiger partial charge in [-0.05, 0) is 42.5 Å². The van der Waals surface area contributed by atoms with Crippen LogP contribution in [-0.2, 0) is 0 Å². The molecule has 1 aromatic carbocycles. The first-order valence-corrected chi connectivity index (χ1v) is 7.32. The Hall–Kier alpha value is -3.54. The number of rotatable bonds is 3. The van der Waals surface area contributed by atoms with Gasteiger partial charge < -0.3 is 9.73 Å². The van der Waals surface area contributed by atoms with Gasteiger partial charge in [0.2, 0.25) is 5.89 Å². The predicted octanol–water partition coefficient (Wildman–Crippen LogP) is 3.54. The van der Waals surface area contributed by atoms with Gasteiger partial charge in [0.15, 0.2) is 5.58 Å². The maximum absolute atomic E-state index is 12.2. The number of aromatic nitrogens is 3. The van der Waals surface area contributed by atoms with Crippen LogP contribution < -0.4 is 5.32 Å². The average molecular weight is 316 g/mol. The largest absolute Gasteiger partial charge is 0.436 e. The van der Waals surface area contributed by atoms with Crippen LogP contribution >= 0.6 is 0 Å². The highest BCUT2D eigenvalue weighted by atomic mass is 16.3. The fraction of sp³-hybridized carbons (Fsp3) is 0. The third-order valence-corrected chi connectivity index (χ3v) is 3.50. The second-order valence-corrected chi connectivity index (χ2v) is 5.13. The van der Waals surface area contributed by atoms with Gasteiger partial charge in [-0.3, -0.25) is 14.8 Å². The lowest BCUT2D eigenvalue weighted by atomic mass is 10.2. The molecule has 0 radical (unpaired) electrons. The molecular formula is C18H12N4O2. The number of fused-ring (bicyclic) bond motifs is 1. The van der Waals surface area contributed by atoms with Crippen molar-refractivity contribution in [2.75, 3.05) is 5.32 Å². The van der Waals surface area contributed by atoms with E-state index in [0.717, 1.165) is 5.56 Å². The highest BCUT2D eigenvalue weighted by molar-refractivity contribution is 6.04. The van der Waals surface area contributed by atoms with Gasteiger partial charge in [0, 0.05) is 36.0 Å². The summed E-state index contributed by atoms with van der Waals surface area (Å²) in [4.78, 5) is 24.6. The van der Waals surface area contributed by atoms with Gasteiger partial charge in [0.25, 0.3) is 5.91 Å². The third-order valence-electron chi connectivity index (χ3n) is 3.50. The van der Waals surface area contributed by atoms with Crippen LogP contribution in [-0.4, -0.2) is 20.9 Å². The molecule has 1 N–H and O–H groups in total. The topological polar surface area (TPSA) is 80.9 Å². The molecule has 0 spiro atoms. The van der Waals surface area contributed by atoms with E-state index in [2.05, 4.69) is 20.3 Å². The van der Waals surface area contributed by atoms with Crippen molar-refractivity contribution in [3.63, 3.8) is 0 Å². The van der Waals surface area contributed by atoms with Crippen LogP contribution in [0.1, 0.15) is 10.4 Å². The summed E-state index contributed by atoms with van der Waals surface area (Å²) in [6.07, 6.45) is 6.54. The van der Waals surface area contributed by atoms with E-state index in [1.165, 1.54) is 0 Å². The molecule has 4 rings (SSSR count). The first-order chi connectivity index (χ1) is 11.8. The minimum Gasteiger partial charge on any atom is -0.436 e. The number of carbonyl (C=O) groups is 1. The lowest BCUT2D eigenvalue weighted by molar-refractivity contribution is 0.102. The van der Waals surface area contributed by atoms with Gasteiger partial charge in [-0.1, -0.05) is 0 Å². The molecule has 3 heterocycles. The van der Waals surface area contributed by atoms with Crippen molar-refractivity contribution in [3.8, 4) is 11.5 Å². The first kappa shape index (κ1) is 14.1. The maximum atomic E-state index is 12.2. The number of nitrogens with one attached hydrogen (secondary N) is 1. The van der Waals surface area contributed by atoms with E-state index in [1.807, 2.05) is 12.1 Å². The summed E-state index contributed by atoms with van der Waals surface area (Å²) in [6, 6.07) is 12.4. The number of pyridine rings is 2. The van der Waals surface area contributed by atoms with Crippen LogP contribution in [0.4, 0.5) is 5.69 Å². The molecule has 0 bridgehead atoms. The standard InChI is InChI=1S/C18H12N4O2/c23-17(12-5-8-19-9-6-12)21-14-3-4-16-15(10-14)22-18(24-16)13-2-1-7-20-11-13/h1-11H,(H,21,23). The molecular weight excluding hydrogens is 304 g/mol. The number of benzene rings is 1. The summed E-state index contributed by atoms with van der Waals surface area (Å²) in [5.74, 6) is 0.295. The zero-order valence-corrected chi connectivity index (χ0v) is 12.5. The Labute approximate surface area is 137 Å². The summed E-state index contributed by atoms with van der Waals surface area (Å²) >= 11 is 0. The molecule has 1 amide bonds. The summed E-state index contributed by atoms with van der Waals surface area (Å²) in [5, 5.41) is 2.84. The van der Waals surface area contributed by atoms with E-state index in [1.54, 1.807) is 55.1 Å². The van der Waals surface area contributed by atoms with Crippen molar-refractivity contribution >= 4 is 22.7 Å². The predicted molar refractivity (Wildman–Crippen MR) is 89.4 cm³/mol. The summed E-state index contributed by atoms with van der Waals surface area (Å²) in [5.41, 5.74) is 3.31. The van der Waals surface area contributed by atoms with Crippen molar-refractivity contribution in [2.24, 2.45) is 0 Å². The zero-order chi connectivity index (χ0) is 16.4. The van der Waals surface area contributed by atoms with Gasteiger partial charge in [0.1, 0.15) is 5.52 Å². The lowest BCUT2D eigenvalue weighted by Gasteiger charge is -2.04. The first-order valence-electron chi connectivity index (χ1n) is 7.32. The van der Waals surface area contributed by atoms with Crippen molar-refractivity contribution in [1.29, 1.82) is 0 Å². The Bertz CT molecular complexity index is 997. The van der Waals surface area contributed by atoms with Crippen molar-refractivity contribution in [3.05, 3.63) is 72.8 Å². The third kappa shape index (κ3) is 2.72. The van der Waals surface area contributed by atoms with Crippen LogP contribution in [0.25, 0.3) is 22.6 Å². The van der Waals surface area contributed by atoms with E-state index in [0.29, 0.717) is 28.2 Å². The van der Waals surface area contributed by atoms with Gasteiger partial charge in [-0.15, -0.1) is 0 Å². The minimum atomic E-state index is -0.201. The number of hydrogen-bond donors (Lipinski definition) is 1. The van der Waals surface area contributed by atoms with Crippen LogP contribution in [0.5, 0.6) is 0 Å². The highest BCUT2D eigenvalue weighted by Gasteiger charge is 2.10. The normalized spacial score (nSPS) is 10.7. The van der Waals surface area contributed by atoms with E-state index in [-0.39, 0.29) is 5.91 Å². The molecule has 6 heteroatoms. The zero-order valence-electron chi connectivity index (χ0n) is 12.5. The second kappa shape index (κ2) is 5.92. The monoisotopic (exact) mass is 316 g/mol. The van der Waals surface area contributed by atoms with Gasteiger partial charge in [-0.2, -0.15) is 0 Å². The molecule has 0 atom stereocenters. The van der Waals surface area contributed by atoms with Crippen molar-refractivity contribution in [1.82, 2.24) is 15.0 Å². The molecule has 0 aliphatic rings.